The molecule has 0 aliphatic heterocycles. The first-order chi connectivity index (χ1) is 5.16. The summed E-state index contributed by atoms with van der Waals surface area (Å²) in [5, 5.41) is 18.0. The van der Waals surface area contributed by atoms with Gasteiger partial charge in [-0.3, -0.25) is 0 Å². The normalized spacial score (nSPS) is 13.5. The van der Waals surface area contributed by atoms with Crippen molar-refractivity contribution in [3.63, 3.8) is 0 Å². The number of aliphatic hydroxyl groups is 2. The van der Waals surface area contributed by atoms with Crippen molar-refractivity contribution >= 4 is 11.6 Å². The van der Waals surface area contributed by atoms with Crippen LogP contribution in [-0.2, 0) is 7.05 Å². The molecule has 0 saturated heterocycles. The van der Waals surface area contributed by atoms with E-state index in [1.807, 2.05) is 0 Å². The van der Waals surface area contributed by atoms with Crippen molar-refractivity contribution in [3.05, 3.63) is 17.2 Å². The minimum atomic E-state index is -0.949. The summed E-state index contributed by atoms with van der Waals surface area (Å²) in [5.41, 5.74) is 0.439. The van der Waals surface area contributed by atoms with E-state index in [1.54, 1.807) is 11.6 Å². The maximum Gasteiger partial charge on any atom is 0.153 e. The van der Waals surface area contributed by atoms with Crippen LogP contribution in [-0.4, -0.2) is 26.4 Å². The minimum Gasteiger partial charge on any atom is -0.393 e. The molecule has 1 unspecified atom stereocenters. The van der Waals surface area contributed by atoms with Crippen LogP contribution in [0.15, 0.2) is 6.33 Å². The van der Waals surface area contributed by atoms with E-state index >= 15 is 0 Å². The van der Waals surface area contributed by atoms with Crippen molar-refractivity contribution in [2.24, 2.45) is 7.05 Å². The fourth-order valence-corrected chi connectivity index (χ4v) is 1.17. The predicted octanol–water partition coefficient (Wildman–Crippen LogP) is 0.0992. The zero-order valence-corrected chi connectivity index (χ0v) is 6.78. The highest BCUT2D eigenvalue weighted by Crippen LogP contribution is 2.19. The van der Waals surface area contributed by atoms with Gasteiger partial charge < -0.3 is 14.8 Å². The zero-order valence-electron chi connectivity index (χ0n) is 6.03. The van der Waals surface area contributed by atoms with Crippen molar-refractivity contribution in [1.82, 2.24) is 9.55 Å². The fraction of sp³-hybridized carbons (Fsp3) is 0.500. The van der Waals surface area contributed by atoms with E-state index in [9.17, 15) is 5.11 Å². The van der Waals surface area contributed by atoms with E-state index in [-0.39, 0.29) is 11.8 Å². The van der Waals surface area contributed by atoms with Crippen LogP contribution < -0.4 is 0 Å². The van der Waals surface area contributed by atoms with Crippen LogP contribution in [0.3, 0.4) is 0 Å². The second kappa shape index (κ2) is 3.21. The predicted molar refractivity (Wildman–Crippen MR) is 40.3 cm³/mol. The molecule has 2 N–H and O–H groups in total. The number of imidazole rings is 1. The standard InChI is InChI=1S/C6H9ClN2O2/c1-9-3-8-6(7)5(9)4(11)2-10/h3-4,10-11H,2H2,1H3. The Morgan fingerprint density at radius 1 is 1.82 bits per heavy atom. The summed E-state index contributed by atoms with van der Waals surface area (Å²) in [6, 6.07) is 0. The van der Waals surface area contributed by atoms with Gasteiger partial charge in [0.2, 0.25) is 0 Å². The molecule has 1 heterocycles. The van der Waals surface area contributed by atoms with Gasteiger partial charge in [-0.2, -0.15) is 0 Å². The Balaban J connectivity index is 3.00. The quantitative estimate of drug-likeness (QED) is 0.672. The van der Waals surface area contributed by atoms with Gasteiger partial charge in [0.15, 0.2) is 5.15 Å². The van der Waals surface area contributed by atoms with E-state index in [2.05, 4.69) is 4.98 Å². The van der Waals surface area contributed by atoms with Gasteiger partial charge in [0, 0.05) is 7.05 Å². The molecule has 0 fully saturated rings. The first kappa shape index (κ1) is 8.52. The Morgan fingerprint density at radius 2 is 2.45 bits per heavy atom. The lowest BCUT2D eigenvalue weighted by Crippen LogP contribution is -2.07. The van der Waals surface area contributed by atoms with Crippen molar-refractivity contribution in [3.8, 4) is 0 Å². The fourth-order valence-electron chi connectivity index (χ4n) is 0.870. The van der Waals surface area contributed by atoms with Gasteiger partial charge >= 0.3 is 0 Å². The molecule has 0 radical (unpaired) electrons. The van der Waals surface area contributed by atoms with E-state index < -0.39 is 6.10 Å². The number of aromatic nitrogens is 2. The topological polar surface area (TPSA) is 58.3 Å². The molecular formula is C6H9ClN2O2. The summed E-state index contributed by atoms with van der Waals surface area (Å²) in [7, 11) is 1.70. The average molecular weight is 177 g/mol. The molecular weight excluding hydrogens is 168 g/mol. The highest BCUT2D eigenvalue weighted by molar-refractivity contribution is 6.30. The molecule has 0 aliphatic rings. The second-order valence-corrected chi connectivity index (χ2v) is 2.59. The number of rotatable bonds is 2. The minimum absolute atomic E-state index is 0.231. The monoisotopic (exact) mass is 176 g/mol. The number of aliphatic hydroxyl groups excluding tert-OH is 2. The Bertz CT molecular complexity index is 229. The van der Waals surface area contributed by atoms with Crippen molar-refractivity contribution in [2.45, 2.75) is 6.10 Å². The molecule has 0 aliphatic carbocycles. The Labute approximate surface area is 69.1 Å². The van der Waals surface area contributed by atoms with Gasteiger partial charge in [-0.25, -0.2) is 4.98 Å². The molecule has 0 bridgehead atoms. The molecule has 5 heteroatoms. The molecule has 1 rings (SSSR count). The van der Waals surface area contributed by atoms with Crippen LogP contribution in [0.1, 0.15) is 11.8 Å². The van der Waals surface area contributed by atoms with Gasteiger partial charge in [0.25, 0.3) is 0 Å². The summed E-state index contributed by atoms with van der Waals surface area (Å²) in [6.45, 7) is -0.348. The third kappa shape index (κ3) is 1.53. The van der Waals surface area contributed by atoms with Gasteiger partial charge in [-0.05, 0) is 0 Å². The van der Waals surface area contributed by atoms with Crippen LogP contribution in [0, 0.1) is 0 Å². The summed E-state index contributed by atoms with van der Waals surface area (Å²) in [4.78, 5) is 3.74. The van der Waals surface area contributed by atoms with Crippen molar-refractivity contribution < 1.29 is 10.2 Å². The van der Waals surface area contributed by atoms with Gasteiger partial charge in [0.1, 0.15) is 6.10 Å². The smallest absolute Gasteiger partial charge is 0.153 e. The van der Waals surface area contributed by atoms with Gasteiger partial charge in [-0.15, -0.1) is 0 Å². The molecule has 0 spiro atoms. The van der Waals surface area contributed by atoms with Crippen molar-refractivity contribution in [1.29, 1.82) is 0 Å². The highest BCUT2D eigenvalue weighted by atomic mass is 35.5. The summed E-state index contributed by atoms with van der Waals surface area (Å²) in [6.07, 6.45) is 0.534. The lowest BCUT2D eigenvalue weighted by molar-refractivity contribution is 0.0900. The molecule has 0 amide bonds. The summed E-state index contributed by atoms with van der Waals surface area (Å²) < 4.78 is 1.57. The lowest BCUT2D eigenvalue weighted by atomic mass is 10.3. The van der Waals surface area contributed by atoms with E-state index in [1.165, 1.54) is 6.33 Å². The molecule has 0 saturated carbocycles. The maximum atomic E-state index is 9.18. The summed E-state index contributed by atoms with van der Waals surface area (Å²) in [5.74, 6) is 0. The van der Waals surface area contributed by atoms with Crippen molar-refractivity contribution in [2.75, 3.05) is 6.61 Å². The van der Waals surface area contributed by atoms with E-state index in [4.69, 9.17) is 16.7 Å². The van der Waals surface area contributed by atoms with Crippen LogP contribution in [0.2, 0.25) is 5.15 Å². The van der Waals surface area contributed by atoms with Crippen LogP contribution >= 0.6 is 11.6 Å². The molecule has 4 nitrogen and oxygen atoms in total. The number of aryl methyl sites for hydroxylation is 1. The summed E-state index contributed by atoms with van der Waals surface area (Å²) >= 11 is 5.62. The highest BCUT2D eigenvalue weighted by Gasteiger charge is 2.14. The first-order valence-corrected chi connectivity index (χ1v) is 3.50. The van der Waals surface area contributed by atoms with Crippen LogP contribution in [0.5, 0.6) is 0 Å². The lowest BCUT2D eigenvalue weighted by Gasteiger charge is -2.07. The first-order valence-electron chi connectivity index (χ1n) is 3.12. The number of halogens is 1. The molecule has 0 aromatic carbocycles. The maximum absolute atomic E-state index is 9.18. The SMILES string of the molecule is Cn1cnc(Cl)c1C(O)CO. The number of hydrogen-bond donors (Lipinski definition) is 2. The Kier molecular flexibility index (Phi) is 2.49. The third-order valence-electron chi connectivity index (χ3n) is 1.42. The Hall–Kier alpha value is -0.580. The third-order valence-corrected chi connectivity index (χ3v) is 1.72. The van der Waals surface area contributed by atoms with E-state index in [0.29, 0.717) is 5.69 Å². The molecule has 1 aromatic rings. The Morgan fingerprint density at radius 3 is 2.82 bits per heavy atom. The van der Waals surface area contributed by atoms with Gasteiger partial charge in [-0.1, -0.05) is 11.6 Å². The van der Waals surface area contributed by atoms with Crippen LogP contribution in [0.25, 0.3) is 0 Å². The molecule has 1 aromatic heterocycles. The average Bonchev–Trinajstić information content (AvgIpc) is 2.30. The zero-order chi connectivity index (χ0) is 8.43. The number of nitrogens with zero attached hydrogens (tertiary/aromatic N) is 2. The number of hydrogen-bond acceptors (Lipinski definition) is 3. The molecule has 62 valence electrons. The van der Waals surface area contributed by atoms with Gasteiger partial charge in [0.05, 0.1) is 18.6 Å². The molecule has 11 heavy (non-hydrogen) atoms. The largest absolute Gasteiger partial charge is 0.393 e. The van der Waals surface area contributed by atoms with E-state index in [0.717, 1.165) is 0 Å². The molecule has 1 atom stereocenters. The second-order valence-electron chi connectivity index (χ2n) is 2.23. The van der Waals surface area contributed by atoms with Crippen LogP contribution in [0.4, 0.5) is 0 Å².